The van der Waals surface area contributed by atoms with Gasteiger partial charge in [-0.15, -0.1) is 0 Å². The van der Waals surface area contributed by atoms with Gasteiger partial charge in [0.1, 0.15) is 5.75 Å². The molecule has 2 aromatic rings. The molecule has 2 nitrogen and oxygen atoms in total. The Kier molecular flexibility index (Phi) is 4.60. The van der Waals surface area contributed by atoms with Crippen molar-refractivity contribution < 1.29 is 10.2 Å². The molecule has 19 heavy (non-hydrogen) atoms. The summed E-state index contributed by atoms with van der Waals surface area (Å²) in [5, 5.41) is 19.0. The van der Waals surface area contributed by atoms with Crippen LogP contribution in [0.15, 0.2) is 54.6 Å². The van der Waals surface area contributed by atoms with Gasteiger partial charge in [0, 0.05) is 17.7 Å². The fourth-order valence-electron chi connectivity index (χ4n) is 1.91. The molecular weight excluding hydrogens is 236 g/mol. The number of hydrogen-bond acceptors (Lipinski definition) is 2. The van der Waals surface area contributed by atoms with Gasteiger partial charge in [-0.3, -0.25) is 0 Å². The fourth-order valence-corrected chi connectivity index (χ4v) is 1.91. The van der Waals surface area contributed by atoms with E-state index >= 15 is 0 Å². The predicted molar refractivity (Wildman–Crippen MR) is 75.9 cm³/mol. The normalized spacial score (nSPS) is 11.4. The van der Waals surface area contributed by atoms with Crippen molar-refractivity contribution in [2.75, 3.05) is 6.61 Å². The average Bonchev–Trinajstić information content (AvgIpc) is 2.45. The lowest BCUT2D eigenvalue weighted by Crippen LogP contribution is -1.99. The Morgan fingerprint density at radius 3 is 2.32 bits per heavy atom. The zero-order chi connectivity index (χ0) is 13.5. The van der Waals surface area contributed by atoms with E-state index in [2.05, 4.69) is 11.8 Å². The maximum atomic E-state index is 9.86. The summed E-state index contributed by atoms with van der Waals surface area (Å²) in [4.78, 5) is 0. The van der Waals surface area contributed by atoms with Gasteiger partial charge in [0.15, 0.2) is 0 Å². The Balaban J connectivity index is 2.27. The second-order valence-electron chi connectivity index (χ2n) is 4.26. The standard InChI is InChI=1S/C17H16O2/c18-13-12-15(16-8-4-5-9-17(16)19)11-10-14-6-2-1-3-7-14/h1-9,15,18-19H,12-13H2/t15-/m0/s1. The van der Waals surface area contributed by atoms with Crippen molar-refractivity contribution in [3.63, 3.8) is 0 Å². The van der Waals surface area contributed by atoms with Crippen molar-refractivity contribution in [1.82, 2.24) is 0 Å². The summed E-state index contributed by atoms with van der Waals surface area (Å²) < 4.78 is 0. The molecule has 0 unspecified atom stereocenters. The number of hydrogen-bond donors (Lipinski definition) is 2. The molecule has 0 aromatic heterocycles. The number of aliphatic hydroxyl groups excluding tert-OH is 1. The van der Waals surface area contributed by atoms with Crippen molar-refractivity contribution in [3.05, 3.63) is 65.7 Å². The molecule has 0 spiro atoms. The first-order valence-electron chi connectivity index (χ1n) is 6.26. The summed E-state index contributed by atoms with van der Waals surface area (Å²) >= 11 is 0. The van der Waals surface area contributed by atoms with Gasteiger partial charge in [0.2, 0.25) is 0 Å². The minimum Gasteiger partial charge on any atom is -0.508 e. The summed E-state index contributed by atoms with van der Waals surface area (Å²) in [5.74, 6) is 6.27. The zero-order valence-corrected chi connectivity index (χ0v) is 10.6. The van der Waals surface area contributed by atoms with E-state index in [1.807, 2.05) is 42.5 Å². The van der Waals surface area contributed by atoms with Crippen molar-refractivity contribution in [2.24, 2.45) is 0 Å². The lowest BCUT2D eigenvalue weighted by atomic mass is 9.95. The summed E-state index contributed by atoms with van der Waals surface area (Å²) in [6.45, 7) is 0.0441. The molecule has 0 fully saturated rings. The molecule has 0 aliphatic rings. The van der Waals surface area contributed by atoms with Crippen LogP contribution in [0.2, 0.25) is 0 Å². The van der Waals surface area contributed by atoms with Crippen LogP contribution in [0.3, 0.4) is 0 Å². The lowest BCUT2D eigenvalue weighted by molar-refractivity contribution is 0.283. The van der Waals surface area contributed by atoms with E-state index in [9.17, 15) is 5.11 Å². The first-order valence-corrected chi connectivity index (χ1v) is 6.26. The van der Waals surface area contributed by atoms with Crippen LogP contribution in [0.1, 0.15) is 23.5 Å². The summed E-state index contributed by atoms with van der Waals surface area (Å²) in [7, 11) is 0. The SMILES string of the molecule is OCC[C@H](C#Cc1ccccc1)c1ccccc1O. The van der Waals surface area contributed by atoms with Crippen LogP contribution in [-0.4, -0.2) is 16.8 Å². The van der Waals surface area contributed by atoms with Gasteiger partial charge in [0.05, 0.1) is 5.92 Å². The molecule has 2 aromatic carbocycles. The molecule has 2 heteroatoms. The Labute approximate surface area is 113 Å². The van der Waals surface area contributed by atoms with Crippen LogP contribution in [-0.2, 0) is 0 Å². The second kappa shape index (κ2) is 6.63. The molecule has 2 rings (SSSR count). The van der Waals surface area contributed by atoms with Gasteiger partial charge < -0.3 is 10.2 Å². The molecule has 2 N–H and O–H groups in total. The maximum absolute atomic E-state index is 9.86. The minimum absolute atomic E-state index is 0.0441. The van der Waals surface area contributed by atoms with Crippen molar-refractivity contribution in [3.8, 4) is 17.6 Å². The van der Waals surface area contributed by atoms with E-state index in [0.717, 1.165) is 11.1 Å². The van der Waals surface area contributed by atoms with Gasteiger partial charge in [-0.05, 0) is 24.6 Å². The fraction of sp³-hybridized carbons (Fsp3) is 0.176. The smallest absolute Gasteiger partial charge is 0.120 e. The third kappa shape index (κ3) is 3.61. The highest BCUT2D eigenvalue weighted by Crippen LogP contribution is 2.27. The first-order chi connectivity index (χ1) is 9.31. The highest BCUT2D eigenvalue weighted by Gasteiger charge is 2.11. The summed E-state index contributed by atoms with van der Waals surface area (Å²) in [6, 6.07) is 16.8. The number of phenols is 1. The first kappa shape index (κ1) is 13.2. The molecule has 0 aliphatic carbocycles. The van der Waals surface area contributed by atoms with Gasteiger partial charge in [0.25, 0.3) is 0 Å². The molecular formula is C17H16O2. The average molecular weight is 252 g/mol. The molecule has 0 bridgehead atoms. The lowest BCUT2D eigenvalue weighted by Gasteiger charge is -2.11. The van der Waals surface area contributed by atoms with Gasteiger partial charge >= 0.3 is 0 Å². The quantitative estimate of drug-likeness (QED) is 0.825. The second-order valence-corrected chi connectivity index (χ2v) is 4.26. The molecule has 0 heterocycles. The van der Waals surface area contributed by atoms with Crippen LogP contribution in [0.4, 0.5) is 0 Å². The van der Waals surface area contributed by atoms with Crippen LogP contribution >= 0.6 is 0 Å². The van der Waals surface area contributed by atoms with Crippen molar-refractivity contribution in [2.45, 2.75) is 12.3 Å². The number of para-hydroxylation sites is 1. The van der Waals surface area contributed by atoms with Gasteiger partial charge in [-0.1, -0.05) is 48.2 Å². The van der Waals surface area contributed by atoms with Crippen LogP contribution < -0.4 is 0 Å². The van der Waals surface area contributed by atoms with Crippen LogP contribution in [0.5, 0.6) is 5.75 Å². The molecule has 0 radical (unpaired) electrons. The molecule has 0 saturated heterocycles. The van der Waals surface area contributed by atoms with E-state index in [1.54, 1.807) is 12.1 Å². The Hall–Kier alpha value is -2.24. The summed E-state index contributed by atoms with van der Waals surface area (Å²) in [5.41, 5.74) is 1.70. The monoisotopic (exact) mass is 252 g/mol. The van der Waals surface area contributed by atoms with E-state index < -0.39 is 0 Å². The molecule has 96 valence electrons. The highest BCUT2D eigenvalue weighted by molar-refractivity contribution is 5.42. The van der Waals surface area contributed by atoms with E-state index in [4.69, 9.17) is 5.11 Å². The Morgan fingerprint density at radius 1 is 0.947 bits per heavy atom. The molecule has 0 aliphatic heterocycles. The van der Waals surface area contributed by atoms with Gasteiger partial charge in [-0.25, -0.2) is 0 Å². The van der Waals surface area contributed by atoms with Crippen LogP contribution in [0.25, 0.3) is 0 Å². The number of aliphatic hydroxyl groups is 1. The Morgan fingerprint density at radius 2 is 1.63 bits per heavy atom. The summed E-state index contributed by atoms with van der Waals surface area (Å²) in [6.07, 6.45) is 0.511. The van der Waals surface area contributed by atoms with E-state index in [1.165, 1.54) is 0 Å². The largest absolute Gasteiger partial charge is 0.508 e. The Bertz CT molecular complexity index is 579. The number of rotatable bonds is 3. The van der Waals surface area contributed by atoms with E-state index in [-0.39, 0.29) is 18.3 Å². The number of aromatic hydroxyl groups is 1. The number of benzene rings is 2. The topological polar surface area (TPSA) is 40.5 Å². The zero-order valence-electron chi connectivity index (χ0n) is 10.6. The highest BCUT2D eigenvalue weighted by atomic mass is 16.3. The van der Waals surface area contributed by atoms with Gasteiger partial charge in [-0.2, -0.15) is 0 Å². The van der Waals surface area contributed by atoms with Crippen LogP contribution in [0, 0.1) is 11.8 Å². The van der Waals surface area contributed by atoms with Crippen molar-refractivity contribution in [1.29, 1.82) is 0 Å². The predicted octanol–water partition coefficient (Wildman–Crippen LogP) is 2.91. The third-order valence-electron chi connectivity index (χ3n) is 2.89. The van der Waals surface area contributed by atoms with Crippen molar-refractivity contribution >= 4 is 0 Å². The number of phenolic OH excluding ortho intramolecular Hbond substituents is 1. The molecule has 1 atom stereocenters. The molecule has 0 saturated carbocycles. The maximum Gasteiger partial charge on any atom is 0.120 e. The third-order valence-corrected chi connectivity index (χ3v) is 2.89. The minimum atomic E-state index is -0.161. The van der Waals surface area contributed by atoms with E-state index in [0.29, 0.717) is 6.42 Å². The molecule has 0 amide bonds.